The topological polar surface area (TPSA) is 95.9 Å². The lowest BCUT2D eigenvalue weighted by molar-refractivity contribution is -0.142. The highest BCUT2D eigenvalue weighted by molar-refractivity contribution is 5.99. The van der Waals surface area contributed by atoms with Gasteiger partial charge in [0.15, 0.2) is 6.61 Å². The summed E-state index contributed by atoms with van der Waals surface area (Å²) in [6, 6.07) is 1.82. The molecule has 1 amide bonds. The van der Waals surface area contributed by atoms with Crippen LogP contribution in [-0.4, -0.2) is 53.9 Å². The molecule has 2 heterocycles. The second-order valence-electron chi connectivity index (χ2n) is 8.29. The molecule has 0 bridgehead atoms. The number of ether oxygens (including phenoxy) is 3. The summed E-state index contributed by atoms with van der Waals surface area (Å²) in [5.41, 5.74) is 1.79. The molecule has 8 nitrogen and oxygen atoms in total. The van der Waals surface area contributed by atoms with Crippen molar-refractivity contribution in [2.75, 3.05) is 19.8 Å². The maximum atomic E-state index is 12.5. The molecule has 0 saturated carbocycles. The Hall–Kier alpha value is -2.35. The summed E-state index contributed by atoms with van der Waals surface area (Å²) in [6.07, 6.45) is 1.63. The molecule has 0 aliphatic carbocycles. The highest BCUT2D eigenvalue weighted by atomic mass is 16.6. The maximum absolute atomic E-state index is 12.5. The average Bonchev–Trinajstić information content (AvgIpc) is 3.22. The molecule has 8 heteroatoms. The smallest absolute Gasteiger partial charge is 0.407 e. The molecule has 1 fully saturated rings. The number of hydrogen-bond donors (Lipinski definition) is 1. The van der Waals surface area contributed by atoms with E-state index in [9.17, 15) is 14.4 Å². The average molecular weight is 408 g/mol. The molecule has 0 unspecified atom stereocenters. The Balaban J connectivity index is 1.78. The van der Waals surface area contributed by atoms with Crippen molar-refractivity contribution in [1.29, 1.82) is 0 Å². The Bertz CT molecular complexity index is 741. The van der Waals surface area contributed by atoms with Crippen LogP contribution in [0.15, 0.2) is 6.07 Å². The number of hydrogen-bond acceptors (Lipinski definition) is 6. The first-order valence-electron chi connectivity index (χ1n) is 10.0. The van der Waals surface area contributed by atoms with Gasteiger partial charge in [0, 0.05) is 36.6 Å². The van der Waals surface area contributed by atoms with Gasteiger partial charge in [0.25, 0.3) is 0 Å². The van der Waals surface area contributed by atoms with Gasteiger partial charge in [-0.05, 0) is 53.5 Å². The van der Waals surface area contributed by atoms with E-state index in [2.05, 4.69) is 9.88 Å². The van der Waals surface area contributed by atoms with Crippen LogP contribution < -0.4 is 5.32 Å². The van der Waals surface area contributed by atoms with Crippen molar-refractivity contribution < 1.29 is 28.6 Å². The van der Waals surface area contributed by atoms with E-state index in [1.54, 1.807) is 20.8 Å². The number of rotatable bonds is 8. The molecule has 2 rings (SSSR count). The van der Waals surface area contributed by atoms with E-state index < -0.39 is 17.7 Å². The standard InChI is InChI=1S/C21H32N2O6/c1-14-11-17(15(2)23(14)12-16-7-6-10-27-16)18(24)13-28-19(25)8-9-22-20(26)29-21(3,4)5/h11,16H,6-10,12-13H2,1-5H3,(H,22,26)/t16-/m0/s1. The molecule has 0 aromatic carbocycles. The Morgan fingerprint density at radius 1 is 1.28 bits per heavy atom. The van der Waals surface area contributed by atoms with E-state index in [-0.39, 0.29) is 31.5 Å². The van der Waals surface area contributed by atoms with Gasteiger partial charge in [-0.2, -0.15) is 0 Å². The third-order valence-corrected chi connectivity index (χ3v) is 4.65. The van der Waals surface area contributed by atoms with E-state index in [1.807, 2.05) is 19.9 Å². The van der Waals surface area contributed by atoms with Crippen LogP contribution in [-0.2, 0) is 25.5 Å². The zero-order chi connectivity index (χ0) is 21.6. The van der Waals surface area contributed by atoms with Crippen molar-refractivity contribution in [1.82, 2.24) is 9.88 Å². The molecular formula is C21H32N2O6. The minimum Gasteiger partial charge on any atom is -0.457 e. The predicted octanol–water partition coefficient (Wildman–Crippen LogP) is 2.92. The summed E-state index contributed by atoms with van der Waals surface area (Å²) in [4.78, 5) is 35.9. The van der Waals surface area contributed by atoms with Gasteiger partial charge in [0.1, 0.15) is 5.60 Å². The minimum atomic E-state index is -0.604. The van der Waals surface area contributed by atoms with Crippen LogP contribution in [0.25, 0.3) is 0 Å². The molecule has 1 aromatic rings. The monoisotopic (exact) mass is 408 g/mol. The summed E-state index contributed by atoms with van der Waals surface area (Å²) >= 11 is 0. The molecule has 1 aliphatic rings. The van der Waals surface area contributed by atoms with Gasteiger partial charge in [-0.15, -0.1) is 0 Å². The van der Waals surface area contributed by atoms with E-state index in [4.69, 9.17) is 14.2 Å². The van der Waals surface area contributed by atoms with Gasteiger partial charge in [0.05, 0.1) is 12.5 Å². The number of esters is 1. The lowest BCUT2D eigenvalue weighted by Gasteiger charge is -2.19. The first kappa shape index (κ1) is 22.9. The van der Waals surface area contributed by atoms with Crippen LogP contribution in [0, 0.1) is 13.8 Å². The van der Waals surface area contributed by atoms with Gasteiger partial charge in [-0.1, -0.05) is 0 Å². The largest absolute Gasteiger partial charge is 0.457 e. The fourth-order valence-electron chi connectivity index (χ4n) is 3.23. The van der Waals surface area contributed by atoms with Crippen molar-refractivity contribution in [3.05, 3.63) is 23.0 Å². The second kappa shape index (κ2) is 9.91. The Morgan fingerprint density at radius 2 is 2.00 bits per heavy atom. The van der Waals surface area contributed by atoms with Crippen LogP contribution >= 0.6 is 0 Å². The van der Waals surface area contributed by atoms with Crippen molar-refractivity contribution in [2.24, 2.45) is 0 Å². The summed E-state index contributed by atoms with van der Waals surface area (Å²) in [7, 11) is 0. The number of nitrogens with zero attached hydrogens (tertiary/aromatic N) is 1. The van der Waals surface area contributed by atoms with E-state index in [0.717, 1.165) is 37.4 Å². The van der Waals surface area contributed by atoms with Gasteiger partial charge in [-0.3, -0.25) is 9.59 Å². The number of alkyl carbamates (subject to hydrolysis) is 1. The molecule has 1 aliphatic heterocycles. The number of aromatic nitrogens is 1. The van der Waals surface area contributed by atoms with Crippen molar-refractivity contribution in [3.63, 3.8) is 0 Å². The molecular weight excluding hydrogens is 376 g/mol. The van der Waals surface area contributed by atoms with Gasteiger partial charge >= 0.3 is 12.1 Å². The summed E-state index contributed by atoms with van der Waals surface area (Å²) in [6.45, 7) is 10.4. The van der Waals surface area contributed by atoms with Gasteiger partial charge in [-0.25, -0.2) is 4.79 Å². The number of ketones is 1. The molecule has 162 valence electrons. The van der Waals surface area contributed by atoms with Crippen LogP contribution in [0.1, 0.15) is 61.8 Å². The Morgan fingerprint density at radius 3 is 2.62 bits per heavy atom. The second-order valence-corrected chi connectivity index (χ2v) is 8.29. The molecule has 1 N–H and O–H groups in total. The predicted molar refractivity (Wildman–Crippen MR) is 107 cm³/mol. The number of carbonyl (C=O) groups is 3. The van der Waals surface area contributed by atoms with Crippen LogP contribution in [0.4, 0.5) is 4.79 Å². The summed E-state index contributed by atoms with van der Waals surface area (Å²) < 4.78 is 17.9. The minimum absolute atomic E-state index is 0.0371. The third kappa shape index (κ3) is 7.20. The highest BCUT2D eigenvalue weighted by Crippen LogP contribution is 2.20. The third-order valence-electron chi connectivity index (χ3n) is 4.65. The fourth-order valence-corrected chi connectivity index (χ4v) is 3.23. The van der Waals surface area contributed by atoms with E-state index in [0.29, 0.717) is 5.56 Å². The molecule has 1 saturated heterocycles. The first-order chi connectivity index (χ1) is 13.6. The zero-order valence-corrected chi connectivity index (χ0v) is 18.0. The molecule has 1 atom stereocenters. The van der Waals surface area contributed by atoms with Crippen LogP contribution in [0.2, 0.25) is 0 Å². The lowest BCUT2D eigenvalue weighted by atomic mass is 10.1. The van der Waals surface area contributed by atoms with E-state index >= 15 is 0 Å². The molecule has 0 spiro atoms. The van der Waals surface area contributed by atoms with Crippen molar-refractivity contribution in [3.8, 4) is 0 Å². The summed E-state index contributed by atoms with van der Waals surface area (Å²) in [5, 5.41) is 2.48. The summed E-state index contributed by atoms with van der Waals surface area (Å²) in [5.74, 6) is -0.798. The van der Waals surface area contributed by atoms with Crippen molar-refractivity contribution in [2.45, 2.75) is 72.1 Å². The normalized spacial score (nSPS) is 16.5. The maximum Gasteiger partial charge on any atom is 0.407 e. The molecule has 1 aromatic heterocycles. The number of Topliss-reactive ketones (excluding diaryl/α,β-unsaturated/α-hetero) is 1. The van der Waals surface area contributed by atoms with Crippen LogP contribution in [0.5, 0.6) is 0 Å². The quantitative estimate of drug-likeness (QED) is 0.525. The number of amides is 1. The van der Waals surface area contributed by atoms with Crippen molar-refractivity contribution >= 4 is 17.8 Å². The molecule has 29 heavy (non-hydrogen) atoms. The van der Waals surface area contributed by atoms with Gasteiger partial charge in [0.2, 0.25) is 5.78 Å². The first-order valence-corrected chi connectivity index (χ1v) is 10.0. The van der Waals surface area contributed by atoms with E-state index in [1.165, 1.54) is 0 Å². The SMILES string of the molecule is Cc1cc(C(=O)COC(=O)CCNC(=O)OC(C)(C)C)c(C)n1C[C@@H]1CCCO1. The lowest BCUT2D eigenvalue weighted by Crippen LogP contribution is -2.33. The Labute approximate surface area is 171 Å². The van der Waals surface area contributed by atoms with Crippen LogP contribution in [0.3, 0.4) is 0 Å². The van der Waals surface area contributed by atoms with Gasteiger partial charge < -0.3 is 24.1 Å². The number of carbonyl (C=O) groups excluding carboxylic acids is 3. The highest BCUT2D eigenvalue weighted by Gasteiger charge is 2.22. The fraction of sp³-hybridized carbons (Fsp3) is 0.667. The zero-order valence-electron chi connectivity index (χ0n) is 18.0. The number of aryl methyl sites for hydroxylation is 1. The Kier molecular flexibility index (Phi) is 7.84. The number of nitrogens with one attached hydrogen (secondary N) is 1. The molecule has 0 radical (unpaired) electrons.